The van der Waals surface area contributed by atoms with Gasteiger partial charge in [-0.05, 0) is 6.42 Å². The van der Waals surface area contributed by atoms with Crippen molar-refractivity contribution in [2.24, 2.45) is 0 Å². The van der Waals surface area contributed by atoms with Crippen LogP contribution in [0.5, 0.6) is 0 Å². The van der Waals surface area contributed by atoms with Gasteiger partial charge in [0.2, 0.25) is 0 Å². The quantitative estimate of drug-likeness (QED) is 0.322. The molecule has 0 spiro atoms. The zero-order valence-corrected chi connectivity index (χ0v) is 7.20. The molecule has 0 aromatic carbocycles. The van der Waals surface area contributed by atoms with Gasteiger partial charge < -0.3 is 0 Å². The molecule has 0 bridgehead atoms. The Hall–Kier alpha value is 1.34. The summed E-state index contributed by atoms with van der Waals surface area (Å²) >= 11 is 0. The third kappa shape index (κ3) is 6.42. The Morgan fingerprint density at radius 2 is 1.77 bits per heavy atom. The van der Waals surface area contributed by atoms with E-state index in [0.29, 0.717) is 6.42 Å². The molecule has 0 rings (SSSR count). The monoisotopic (exact) mass is 246 g/mol. The summed E-state index contributed by atoms with van der Waals surface area (Å²) < 4.78 is 58.7. The third-order valence-electron chi connectivity index (χ3n) is 1.02. The van der Waals surface area contributed by atoms with Crippen molar-refractivity contribution >= 4 is 61.5 Å². The first-order valence-electron chi connectivity index (χ1n) is 3.27. The van der Waals surface area contributed by atoms with Crippen molar-refractivity contribution in [3.63, 3.8) is 0 Å². The van der Waals surface area contributed by atoms with Gasteiger partial charge in [0.05, 0.1) is 6.61 Å². The number of halogens is 3. The van der Waals surface area contributed by atoms with E-state index in [9.17, 15) is 21.6 Å². The van der Waals surface area contributed by atoms with Gasteiger partial charge >= 0.3 is 67.0 Å². The van der Waals surface area contributed by atoms with E-state index in [2.05, 4.69) is 4.18 Å². The van der Waals surface area contributed by atoms with Crippen molar-refractivity contribution in [3.05, 3.63) is 0 Å². The molecule has 0 amide bonds. The summed E-state index contributed by atoms with van der Waals surface area (Å²) in [4.78, 5) is 0. The Labute approximate surface area is 118 Å². The summed E-state index contributed by atoms with van der Waals surface area (Å²) in [5.74, 6) is 0. The van der Waals surface area contributed by atoms with E-state index >= 15 is 0 Å². The molecule has 0 fully saturated rings. The van der Waals surface area contributed by atoms with E-state index in [0.717, 1.165) is 0 Å². The van der Waals surface area contributed by atoms with Gasteiger partial charge in [-0.15, -0.1) is 0 Å². The van der Waals surface area contributed by atoms with Crippen LogP contribution < -0.4 is 0 Å². The Kier molecular flexibility index (Phi) is 8.70. The summed E-state index contributed by atoms with van der Waals surface area (Å²) in [5, 5.41) is 0. The molecule has 0 aromatic rings. The van der Waals surface area contributed by atoms with Crippen molar-refractivity contribution in [1.82, 2.24) is 0 Å². The van der Waals surface area contributed by atoms with Gasteiger partial charge in [-0.3, -0.25) is 4.18 Å². The second-order valence-electron chi connectivity index (χ2n) is 2.08. The van der Waals surface area contributed by atoms with Gasteiger partial charge in [0.15, 0.2) is 0 Å². The summed E-state index contributed by atoms with van der Waals surface area (Å²) in [6.45, 7) is 1.29. The average Bonchev–Trinajstić information content (AvgIpc) is 1.85. The molecule has 0 radical (unpaired) electrons. The van der Waals surface area contributed by atoms with Crippen molar-refractivity contribution in [1.29, 1.82) is 0 Å². The van der Waals surface area contributed by atoms with Crippen LogP contribution in [0.25, 0.3) is 0 Å². The van der Waals surface area contributed by atoms with Gasteiger partial charge in [-0.25, -0.2) is 0 Å². The topological polar surface area (TPSA) is 43.4 Å². The van der Waals surface area contributed by atoms with E-state index < -0.39 is 22.2 Å². The van der Waals surface area contributed by atoms with Crippen molar-refractivity contribution in [2.45, 2.75) is 25.3 Å². The van der Waals surface area contributed by atoms with E-state index in [1.807, 2.05) is 0 Å². The van der Waals surface area contributed by atoms with Crippen LogP contribution >= 0.6 is 0 Å². The van der Waals surface area contributed by atoms with Crippen LogP contribution in [0.4, 0.5) is 13.2 Å². The van der Waals surface area contributed by atoms with E-state index in [-0.39, 0.29) is 57.8 Å². The fourth-order valence-electron chi connectivity index (χ4n) is 0.380. The minimum absolute atomic E-state index is 0. The molecule has 0 atom stereocenters. The molecule has 13 heavy (non-hydrogen) atoms. The SMILES string of the molecule is CCCCOS(=O)(=O)C(F)(F)F.[KH]. The number of alkyl halides is 3. The first kappa shape index (κ1) is 16.8. The van der Waals surface area contributed by atoms with E-state index in [4.69, 9.17) is 0 Å². The summed E-state index contributed by atoms with van der Waals surface area (Å²) in [6, 6.07) is 0. The maximum absolute atomic E-state index is 11.5. The predicted molar refractivity (Wildman–Crippen MR) is 43.0 cm³/mol. The average molecular weight is 246 g/mol. The fraction of sp³-hybridized carbons (Fsp3) is 1.00. The van der Waals surface area contributed by atoms with Crippen LogP contribution in [-0.4, -0.2) is 71.9 Å². The molecule has 0 heterocycles. The van der Waals surface area contributed by atoms with Crippen LogP contribution in [0, 0.1) is 0 Å². The standard InChI is InChI=1S/C5H9F3O3S.K.H/c1-2-3-4-11-12(9,10)5(6,7)8;;/h2-4H2,1H3;;. The molecule has 0 aromatic heterocycles. The second-order valence-corrected chi connectivity index (χ2v) is 3.68. The van der Waals surface area contributed by atoms with Crippen LogP contribution in [0.1, 0.15) is 19.8 Å². The third-order valence-corrected chi connectivity index (χ3v) is 2.06. The Morgan fingerprint density at radius 1 is 1.31 bits per heavy atom. The first-order chi connectivity index (χ1) is 5.31. The first-order valence-corrected chi connectivity index (χ1v) is 4.68. The predicted octanol–water partition coefficient (Wildman–Crippen LogP) is 1.00. The molecule has 0 aliphatic carbocycles. The summed E-state index contributed by atoms with van der Waals surface area (Å²) in [6.07, 6.45) is 0.864. The molecular formula is C5H10F3KO3S. The van der Waals surface area contributed by atoms with Crippen molar-refractivity contribution < 1.29 is 25.8 Å². The zero-order chi connectivity index (χ0) is 9.83. The van der Waals surface area contributed by atoms with Crippen LogP contribution in [0.15, 0.2) is 0 Å². The minimum atomic E-state index is -5.37. The zero-order valence-electron chi connectivity index (χ0n) is 6.39. The Balaban J connectivity index is 0. The number of unbranched alkanes of at least 4 members (excludes halogenated alkanes) is 1. The fourth-order valence-corrected chi connectivity index (χ4v) is 0.851. The number of hydrogen-bond donors (Lipinski definition) is 0. The van der Waals surface area contributed by atoms with Crippen LogP contribution in [0.3, 0.4) is 0 Å². The van der Waals surface area contributed by atoms with Crippen LogP contribution in [0.2, 0.25) is 0 Å². The molecule has 0 N–H and O–H groups in total. The van der Waals surface area contributed by atoms with Crippen LogP contribution in [-0.2, 0) is 14.3 Å². The second kappa shape index (κ2) is 6.75. The van der Waals surface area contributed by atoms with Gasteiger partial charge in [0, 0.05) is 0 Å². The van der Waals surface area contributed by atoms with Gasteiger partial charge in [-0.1, -0.05) is 13.3 Å². The molecule has 8 heteroatoms. The molecule has 76 valence electrons. The molecule has 0 unspecified atom stereocenters. The summed E-state index contributed by atoms with van der Waals surface area (Å²) in [5.41, 5.74) is -5.30. The number of hydrogen-bond acceptors (Lipinski definition) is 3. The number of rotatable bonds is 4. The molecule has 0 saturated heterocycles. The van der Waals surface area contributed by atoms with Gasteiger partial charge in [0.1, 0.15) is 0 Å². The molecule has 0 aliphatic heterocycles. The Bertz CT molecular complexity index is 224. The summed E-state index contributed by atoms with van der Waals surface area (Å²) in [7, 11) is -5.37. The Morgan fingerprint density at radius 3 is 2.08 bits per heavy atom. The molecular weight excluding hydrogens is 236 g/mol. The molecule has 0 aliphatic rings. The maximum atomic E-state index is 11.5. The molecule has 0 saturated carbocycles. The van der Waals surface area contributed by atoms with E-state index in [1.54, 1.807) is 6.92 Å². The van der Waals surface area contributed by atoms with E-state index in [1.165, 1.54) is 0 Å². The van der Waals surface area contributed by atoms with Crippen molar-refractivity contribution in [2.75, 3.05) is 6.61 Å². The van der Waals surface area contributed by atoms with Gasteiger partial charge in [0.25, 0.3) is 0 Å². The van der Waals surface area contributed by atoms with Crippen molar-refractivity contribution in [3.8, 4) is 0 Å². The molecule has 3 nitrogen and oxygen atoms in total. The van der Waals surface area contributed by atoms with Gasteiger partial charge in [-0.2, -0.15) is 21.6 Å². The normalized spacial score (nSPS) is 12.3.